The first-order chi connectivity index (χ1) is 17.6. The number of sulfonamides is 1. The number of rotatable bonds is 7. The van der Waals surface area contributed by atoms with Crippen LogP contribution in [0.3, 0.4) is 0 Å². The molecule has 1 aromatic heterocycles. The zero-order chi connectivity index (χ0) is 26.2. The summed E-state index contributed by atoms with van der Waals surface area (Å²) in [6, 6.07) is 22.3. The van der Waals surface area contributed by atoms with Gasteiger partial charge in [0.1, 0.15) is 17.5 Å². The third-order valence-corrected chi connectivity index (χ3v) is 8.71. The molecule has 1 atom stereocenters. The molecule has 5 rings (SSSR count). The van der Waals surface area contributed by atoms with Crippen LogP contribution in [-0.4, -0.2) is 38.0 Å². The normalized spacial score (nSPS) is 16.4. The van der Waals surface area contributed by atoms with Crippen molar-refractivity contribution in [3.05, 3.63) is 90.1 Å². The van der Waals surface area contributed by atoms with Crippen molar-refractivity contribution in [1.29, 1.82) is 0 Å². The number of hydrogen-bond acceptors (Lipinski definition) is 5. The van der Waals surface area contributed by atoms with Crippen LogP contribution in [0, 0.1) is 0 Å². The molecular weight excluding hydrogens is 506 g/mol. The third kappa shape index (κ3) is 5.32. The van der Waals surface area contributed by atoms with Gasteiger partial charge in [0.2, 0.25) is 18.3 Å². The molecule has 37 heavy (non-hydrogen) atoms. The van der Waals surface area contributed by atoms with Crippen molar-refractivity contribution in [3.8, 4) is 11.5 Å². The Kier molecular flexibility index (Phi) is 6.67. The van der Waals surface area contributed by atoms with Crippen LogP contribution in [0.5, 0.6) is 11.5 Å². The Hall–Kier alpha value is -3.44. The molecule has 1 aliphatic heterocycles. The minimum Gasteiger partial charge on any atom is -0.457 e. The zero-order valence-corrected chi connectivity index (χ0v) is 22.7. The molecule has 0 aliphatic carbocycles. The molecule has 192 valence electrons. The zero-order valence-electron chi connectivity index (χ0n) is 20.9. The number of carbonyl (C=O) groups excluding carboxylic acids is 1. The number of para-hydroxylation sites is 2. The molecule has 0 saturated heterocycles. The first-order valence-corrected chi connectivity index (χ1v) is 16.9. The van der Waals surface area contributed by atoms with Crippen LogP contribution >= 0.6 is 0 Å². The summed E-state index contributed by atoms with van der Waals surface area (Å²) in [5, 5.41) is 0.987. The van der Waals surface area contributed by atoms with Crippen molar-refractivity contribution < 1.29 is 22.5 Å². The molecule has 1 amide bonds. The summed E-state index contributed by atoms with van der Waals surface area (Å²) in [6.45, 7) is 5.87. The maximum atomic E-state index is 13.9. The van der Waals surface area contributed by atoms with Gasteiger partial charge in [-0.1, -0.05) is 36.4 Å². The van der Waals surface area contributed by atoms with Crippen LogP contribution in [0.2, 0.25) is 19.6 Å². The summed E-state index contributed by atoms with van der Waals surface area (Å²) in [6.07, 6.45) is 0.231. The molecule has 0 bridgehead atoms. The van der Waals surface area contributed by atoms with Crippen molar-refractivity contribution in [3.63, 3.8) is 0 Å². The van der Waals surface area contributed by atoms with Gasteiger partial charge in [0.25, 0.3) is 5.91 Å². The van der Waals surface area contributed by atoms with Crippen LogP contribution in [0.15, 0.2) is 83.8 Å². The average Bonchev–Trinajstić information content (AvgIpc) is 3.25. The van der Waals surface area contributed by atoms with Crippen LogP contribution in [0.25, 0.3) is 10.9 Å². The van der Waals surface area contributed by atoms with Crippen molar-refractivity contribution in [1.82, 2.24) is 14.8 Å². The lowest BCUT2D eigenvalue weighted by molar-refractivity contribution is -0.132. The second-order valence-electron chi connectivity index (χ2n) is 9.97. The second-order valence-corrected chi connectivity index (χ2v) is 16.3. The Morgan fingerprint density at radius 3 is 2.30 bits per heavy atom. The monoisotopic (exact) mass is 535 g/mol. The van der Waals surface area contributed by atoms with Gasteiger partial charge in [-0.15, -0.1) is 0 Å². The highest BCUT2D eigenvalue weighted by Gasteiger charge is 2.41. The molecular formula is C27H29N3O5SSi. The topological polar surface area (TPSA) is 101 Å². The average molecular weight is 536 g/mol. The van der Waals surface area contributed by atoms with Gasteiger partial charge in [-0.25, -0.2) is 13.9 Å². The van der Waals surface area contributed by atoms with Crippen molar-refractivity contribution in [2.75, 3.05) is 0 Å². The molecule has 0 spiro atoms. The van der Waals surface area contributed by atoms with Gasteiger partial charge in [0.15, 0.2) is 0 Å². The maximum Gasteiger partial charge on any atom is 0.261 e. The maximum absolute atomic E-state index is 13.9. The Bertz CT molecular complexity index is 1530. The number of H-pyrrole nitrogens is 1. The number of fused-ring (bicyclic) bond motifs is 3. The van der Waals surface area contributed by atoms with E-state index in [-0.39, 0.29) is 17.9 Å². The lowest BCUT2D eigenvalue weighted by Gasteiger charge is -2.34. The van der Waals surface area contributed by atoms with E-state index in [1.807, 2.05) is 74.2 Å². The van der Waals surface area contributed by atoms with Gasteiger partial charge in [-0.05, 0) is 67.7 Å². The van der Waals surface area contributed by atoms with Gasteiger partial charge >= 0.3 is 0 Å². The summed E-state index contributed by atoms with van der Waals surface area (Å²) in [5.41, 5.74) is 5.18. The lowest BCUT2D eigenvalue weighted by Crippen LogP contribution is -2.53. The summed E-state index contributed by atoms with van der Waals surface area (Å²) in [4.78, 5) is 16.7. The molecule has 0 fully saturated rings. The standard InChI is InChI=1S/C27H29N3O5SSi/c1-37(2,3)35-29-27(31)26-17-23-22-11-7-8-12-24(22)28-25(23)18-30(26)36(32,33)21-15-13-20(14-16-21)34-19-9-5-4-6-10-19/h4-16,26,28H,17-18H2,1-3H3,(H,29,31)/t26-/m1/s1. The van der Waals surface area contributed by atoms with Gasteiger partial charge in [-0.2, -0.15) is 4.31 Å². The van der Waals surface area contributed by atoms with E-state index in [9.17, 15) is 13.2 Å². The highest BCUT2D eigenvalue weighted by molar-refractivity contribution is 7.89. The van der Waals surface area contributed by atoms with E-state index in [0.717, 1.165) is 22.2 Å². The first kappa shape index (κ1) is 25.2. The molecule has 1 aliphatic rings. The fourth-order valence-corrected chi connectivity index (χ4v) is 6.33. The number of aromatic nitrogens is 1. The van der Waals surface area contributed by atoms with Crippen molar-refractivity contribution >= 4 is 35.2 Å². The highest BCUT2D eigenvalue weighted by atomic mass is 32.2. The van der Waals surface area contributed by atoms with Gasteiger partial charge < -0.3 is 14.2 Å². The quantitative estimate of drug-likeness (QED) is 0.257. The third-order valence-electron chi connectivity index (χ3n) is 6.13. The van der Waals surface area contributed by atoms with Gasteiger partial charge in [0.05, 0.1) is 11.4 Å². The second kappa shape index (κ2) is 9.79. The van der Waals surface area contributed by atoms with E-state index in [4.69, 9.17) is 9.26 Å². The van der Waals surface area contributed by atoms with E-state index in [0.29, 0.717) is 11.5 Å². The van der Waals surface area contributed by atoms with E-state index >= 15 is 0 Å². The smallest absolute Gasteiger partial charge is 0.261 e. The highest BCUT2D eigenvalue weighted by Crippen LogP contribution is 2.34. The molecule has 0 saturated carbocycles. The number of hydrogen-bond donors (Lipinski definition) is 2. The van der Waals surface area contributed by atoms with Crippen LogP contribution in [-0.2, 0) is 32.3 Å². The number of hydroxylamine groups is 1. The summed E-state index contributed by atoms with van der Waals surface area (Å²) < 4.78 is 40.4. The summed E-state index contributed by atoms with van der Waals surface area (Å²) >= 11 is 0. The Balaban J connectivity index is 1.47. The lowest BCUT2D eigenvalue weighted by atomic mass is 9.98. The number of ether oxygens (including phenoxy) is 1. The number of amides is 1. The summed E-state index contributed by atoms with van der Waals surface area (Å²) in [5.74, 6) is 0.685. The number of nitrogens with zero attached hydrogens (tertiary/aromatic N) is 1. The van der Waals surface area contributed by atoms with E-state index in [1.165, 1.54) is 16.4 Å². The van der Waals surface area contributed by atoms with Gasteiger partial charge in [-0.3, -0.25) is 4.79 Å². The molecule has 3 aromatic carbocycles. The fraction of sp³-hybridized carbons (Fsp3) is 0.222. The predicted octanol–water partition coefficient (Wildman–Crippen LogP) is 4.96. The van der Waals surface area contributed by atoms with E-state index in [2.05, 4.69) is 10.5 Å². The van der Waals surface area contributed by atoms with Crippen molar-refractivity contribution in [2.24, 2.45) is 0 Å². The Labute approximate surface area is 217 Å². The molecule has 4 aromatic rings. The minimum absolute atomic E-state index is 0.0413. The largest absolute Gasteiger partial charge is 0.457 e. The molecule has 0 unspecified atom stereocenters. The molecule has 2 heterocycles. The fourth-order valence-electron chi connectivity index (χ4n) is 4.37. The molecule has 10 heteroatoms. The molecule has 8 nitrogen and oxygen atoms in total. The predicted molar refractivity (Wildman–Crippen MR) is 144 cm³/mol. The van der Waals surface area contributed by atoms with Crippen LogP contribution in [0.4, 0.5) is 0 Å². The Morgan fingerprint density at radius 1 is 0.946 bits per heavy atom. The number of benzene rings is 3. The molecule has 2 N–H and O–H groups in total. The number of carbonyl (C=O) groups is 1. The van der Waals surface area contributed by atoms with Crippen molar-refractivity contribution in [2.45, 2.75) is 43.5 Å². The molecule has 0 radical (unpaired) electrons. The van der Waals surface area contributed by atoms with E-state index in [1.54, 1.807) is 12.1 Å². The summed E-state index contributed by atoms with van der Waals surface area (Å²) in [7, 11) is -6.10. The minimum atomic E-state index is -4.03. The van der Waals surface area contributed by atoms with E-state index < -0.39 is 30.3 Å². The Morgan fingerprint density at radius 2 is 1.59 bits per heavy atom. The SMILES string of the molecule is C[Si](C)(C)ONC(=O)[C@H]1Cc2c([nH]c3ccccc23)CN1S(=O)(=O)c1ccc(Oc2ccccc2)cc1. The number of aromatic amines is 1. The van der Waals surface area contributed by atoms with Crippen LogP contribution < -0.4 is 10.2 Å². The van der Waals surface area contributed by atoms with Crippen LogP contribution in [0.1, 0.15) is 11.3 Å². The number of nitrogens with one attached hydrogen (secondary N) is 2. The van der Waals surface area contributed by atoms with Gasteiger partial charge in [0, 0.05) is 23.0 Å². The first-order valence-electron chi connectivity index (χ1n) is 12.0.